The van der Waals surface area contributed by atoms with Gasteiger partial charge in [-0.25, -0.2) is 9.97 Å². The molecule has 1 fully saturated rings. The topological polar surface area (TPSA) is 72.4 Å². The summed E-state index contributed by atoms with van der Waals surface area (Å²) < 4.78 is 11.1. The standard InChI is InChI=1S/C19H18ClN3O3/c20-16-6-2-1-4-13(16)8-15-9-22-18(26-15)14-5-3-7-23(11-14)19(24)17-10-21-12-25-17/h1-2,4,6,9-10,12,14H,3,5,7-8,11H2/t14-/m1/s1. The fourth-order valence-electron chi connectivity index (χ4n) is 3.26. The number of hydrogen-bond acceptors (Lipinski definition) is 5. The van der Waals surface area contributed by atoms with Crippen LogP contribution in [0, 0.1) is 0 Å². The van der Waals surface area contributed by atoms with Crippen molar-refractivity contribution in [1.29, 1.82) is 0 Å². The monoisotopic (exact) mass is 371 g/mol. The molecule has 134 valence electrons. The van der Waals surface area contributed by atoms with Crippen molar-refractivity contribution in [3.8, 4) is 0 Å². The van der Waals surface area contributed by atoms with Crippen molar-refractivity contribution in [3.63, 3.8) is 0 Å². The maximum atomic E-state index is 12.4. The molecule has 26 heavy (non-hydrogen) atoms. The predicted octanol–water partition coefficient (Wildman–Crippen LogP) is 3.93. The summed E-state index contributed by atoms with van der Waals surface area (Å²) in [6.45, 7) is 1.26. The average molecular weight is 372 g/mol. The zero-order chi connectivity index (χ0) is 17.9. The van der Waals surface area contributed by atoms with Crippen molar-refractivity contribution in [2.75, 3.05) is 13.1 Å². The van der Waals surface area contributed by atoms with Crippen LogP contribution >= 0.6 is 11.6 Å². The third-order valence-electron chi connectivity index (χ3n) is 4.59. The van der Waals surface area contributed by atoms with Gasteiger partial charge in [0.25, 0.3) is 5.91 Å². The van der Waals surface area contributed by atoms with Gasteiger partial charge in [-0.3, -0.25) is 4.79 Å². The van der Waals surface area contributed by atoms with Crippen LogP contribution < -0.4 is 0 Å². The van der Waals surface area contributed by atoms with Gasteiger partial charge in [-0.1, -0.05) is 29.8 Å². The maximum absolute atomic E-state index is 12.4. The largest absolute Gasteiger partial charge is 0.445 e. The molecule has 0 bridgehead atoms. The van der Waals surface area contributed by atoms with Gasteiger partial charge in [0.05, 0.1) is 18.3 Å². The number of benzene rings is 1. The molecule has 2 aromatic heterocycles. The van der Waals surface area contributed by atoms with Crippen molar-refractivity contribution in [3.05, 3.63) is 71.1 Å². The second kappa shape index (κ2) is 7.33. The fourth-order valence-corrected chi connectivity index (χ4v) is 3.47. The van der Waals surface area contributed by atoms with Gasteiger partial charge in [-0.2, -0.15) is 0 Å². The van der Waals surface area contributed by atoms with Crippen LogP contribution in [0.15, 0.2) is 51.9 Å². The summed E-state index contributed by atoms with van der Waals surface area (Å²) in [6, 6.07) is 7.69. The Labute approximate surface area is 155 Å². The minimum absolute atomic E-state index is 0.0793. The van der Waals surface area contributed by atoms with Gasteiger partial charge >= 0.3 is 0 Å². The zero-order valence-corrected chi connectivity index (χ0v) is 14.9. The molecule has 3 heterocycles. The van der Waals surface area contributed by atoms with E-state index in [1.165, 1.54) is 12.6 Å². The Morgan fingerprint density at radius 3 is 3.00 bits per heavy atom. The highest BCUT2D eigenvalue weighted by molar-refractivity contribution is 6.31. The molecule has 1 aliphatic rings. The van der Waals surface area contributed by atoms with Crippen LogP contribution in [-0.2, 0) is 6.42 Å². The molecule has 6 nitrogen and oxygen atoms in total. The van der Waals surface area contributed by atoms with Gasteiger partial charge in [-0.15, -0.1) is 0 Å². The van der Waals surface area contributed by atoms with Crippen LogP contribution in [0.3, 0.4) is 0 Å². The Balaban J connectivity index is 1.45. The average Bonchev–Trinajstić information content (AvgIpc) is 3.35. The normalized spacial score (nSPS) is 17.4. The molecule has 3 aromatic rings. The van der Waals surface area contributed by atoms with Crippen LogP contribution in [0.5, 0.6) is 0 Å². The molecule has 1 aliphatic heterocycles. The number of likely N-dealkylation sites (tertiary alicyclic amines) is 1. The smallest absolute Gasteiger partial charge is 0.291 e. The number of amides is 1. The SMILES string of the molecule is O=C(c1cnco1)N1CCC[C@@H](c2ncc(Cc3ccccc3Cl)o2)C1. The molecular weight excluding hydrogens is 354 g/mol. The number of rotatable bonds is 4. The third kappa shape index (κ3) is 3.51. The third-order valence-corrected chi connectivity index (χ3v) is 4.96. The summed E-state index contributed by atoms with van der Waals surface area (Å²) in [5.41, 5.74) is 1.00. The second-order valence-corrected chi connectivity index (χ2v) is 6.80. The lowest BCUT2D eigenvalue weighted by Crippen LogP contribution is -2.39. The number of nitrogens with zero attached hydrogens (tertiary/aromatic N) is 3. The number of halogens is 1. The van der Waals surface area contributed by atoms with E-state index in [4.69, 9.17) is 20.4 Å². The van der Waals surface area contributed by atoms with Crippen LogP contribution in [0.2, 0.25) is 5.02 Å². The number of aromatic nitrogens is 2. The first-order valence-corrected chi connectivity index (χ1v) is 8.94. The molecule has 7 heteroatoms. The maximum Gasteiger partial charge on any atom is 0.291 e. The number of carbonyl (C=O) groups excluding carboxylic acids is 1. The molecule has 0 spiro atoms. The van der Waals surface area contributed by atoms with Crippen LogP contribution in [0.25, 0.3) is 0 Å². The predicted molar refractivity (Wildman–Crippen MR) is 95.1 cm³/mol. The molecule has 0 aliphatic carbocycles. The lowest BCUT2D eigenvalue weighted by Gasteiger charge is -2.30. The van der Waals surface area contributed by atoms with Gasteiger partial charge in [-0.05, 0) is 24.5 Å². The Hall–Kier alpha value is -2.60. The number of piperidine rings is 1. The van der Waals surface area contributed by atoms with Crippen molar-refractivity contribution in [1.82, 2.24) is 14.9 Å². The van der Waals surface area contributed by atoms with E-state index in [2.05, 4.69) is 9.97 Å². The quantitative estimate of drug-likeness (QED) is 0.694. The van der Waals surface area contributed by atoms with E-state index >= 15 is 0 Å². The first kappa shape index (κ1) is 16.8. The Kier molecular flexibility index (Phi) is 4.75. The van der Waals surface area contributed by atoms with Crippen LogP contribution in [0.1, 0.15) is 46.5 Å². The lowest BCUT2D eigenvalue weighted by atomic mass is 9.98. The molecule has 1 amide bonds. The molecule has 0 unspecified atom stereocenters. The van der Waals surface area contributed by atoms with Gasteiger partial charge in [0.15, 0.2) is 12.3 Å². The van der Waals surface area contributed by atoms with E-state index in [0.29, 0.717) is 30.4 Å². The first-order chi connectivity index (χ1) is 12.7. The highest BCUT2D eigenvalue weighted by atomic mass is 35.5. The van der Waals surface area contributed by atoms with Gasteiger partial charge in [0.2, 0.25) is 5.76 Å². The summed E-state index contributed by atoms with van der Waals surface area (Å²) in [5, 5.41) is 0.715. The van der Waals surface area contributed by atoms with E-state index in [9.17, 15) is 4.79 Å². The molecule has 1 saturated heterocycles. The number of hydrogen-bond donors (Lipinski definition) is 0. The van der Waals surface area contributed by atoms with E-state index in [-0.39, 0.29) is 17.6 Å². The molecule has 4 rings (SSSR count). The van der Waals surface area contributed by atoms with Gasteiger partial charge in [0.1, 0.15) is 5.76 Å². The second-order valence-electron chi connectivity index (χ2n) is 6.39. The zero-order valence-electron chi connectivity index (χ0n) is 14.1. The summed E-state index contributed by atoms with van der Waals surface area (Å²) in [6.07, 6.45) is 6.89. The van der Waals surface area contributed by atoms with Gasteiger partial charge < -0.3 is 13.7 Å². The fraction of sp³-hybridized carbons (Fsp3) is 0.316. The Bertz CT molecular complexity index is 891. The highest BCUT2D eigenvalue weighted by Crippen LogP contribution is 2.28. The van der Waals surface area contributed by atoms with Crippen molar-refractivity contribution >= 4 is 17.5 Å². The summed E-state index contributed by atoms with van der Waals surface area (Å²) in [7, 11) is 0. The minimum atomic E-state index is -0.143. The van der Waals surface area contributed by atoms with Crippen molar-refractivity contribution in [2.45, 2.75) is 25.2 Å². The lowest BCUT2D eigenvalue weighted by molar-refractivity contribution is 0.0666. The molecule has 1 atom stereocenters. The van der Waals surface area contributed by atoms with E-state index in [1.807, 2.05) is 24.3 Å². The molecule has 0 radical (unpaired) electrons. The molecule has 0 N–H and O–H groups in total. The first-order valence-electron chi connectivity index (χ1n) is 8.56. The van der Waals surface area contributed by atoms with E-state index in [0.717, 1.165) is 24.2 Å². The van der Waals surface area contributed by atoms with Crippen molar-refractivity contribution in [2.24, 2.45) is 0 Å². The summed E-state index contributed by atoms with van der Waals surface area (Å²) >= 11 is 6.21. The number of oxazole rings is 2. The van der Waals surface area contributed by atoms with Crippen LogP contribution in [0.4, 0.5) is 0 Å². The molecular formula is C19H18ClN3O3. The minimum Gasteiger partial charge on any atom is -0.445 e. The molecule has 1 aromatic carbocycles. The van der Waals surface area contributed by atoms with Crippen molar-refractivity contribution < 1.29 is 13.6 Å². The summed E-state index contributed by atoms with van der Waals surface area (Å²) in [5.74, 6) is 1.64. The Morgan fingerprint density at radius 1 is 1.31 bits per heavy atom. The van der Waals surface area contributed by atoms with Crippen LogP contribution in [-0.4, -0.2) is 33.9 Å². The summed E-state index contributed by atoms with van der Waals surface area (Å²) in [4.78, 5) is 22.5. The van der Waals surface area contributed by atoms with E-state index in [1.54, 1.807) is 11.1 Å². The Morgan fingerprint density at radius 2 is 2.19 bits per heavy atom. The number of carbonyl (C=O) groups is 1. The van der Waals surface area contributed by atoms with Gasteiger partial charge in [0, 0.05) is 24.5 Å². The van der Waals surface area contributed by atoms with E-state index < -0.39 is 0 Å². The highest BCUT2D eigenvalue weighted by Gasteiger charge is 2.29. The molecule has 0 saturated carbocycles.